The summed E-state index contributed by atoms with van der Waals surface area (Å²) in [6, 6.07) is 14.2. The molecule has 0 radical (unpaired) electrons. The van der Waals surface area contributed by atoms with E-state index in [1.807, 2.05) is 48.5 Å². The van der Waals surface area contributed by atoms with Crippen LogP contribution in [0.1, 0.15) is 64.5 Å². The lowest BCUT2D eigenvalue weighted by atomic mass is 10.0. The predicted octanol–water partition coefficient (Wildman–Crippen LogP) is 4.69. The first-order valence-corrected chi connectivity index (χ1v) is 17.2. The molecule has 48 heavy (non-hydrogen) atoms. The lowest BCUT2D eigenvalue weighted by Crippen LogP contribution is -2.49. The minimum atomic E-state index is -0.558. The molecular weight excluding hydrogens is 608 g/mol. The van der Waals surface area contributed by atoms with E-state index in [2.05, 4.69) is 27.7 Å². The SMILES string of the molecule is CC(C)CC1C(=O)N(C)CCc2ccc(cc2)OCCC(=O)N(C)C(CC(C)C)C(=O)N(C)CCc2ccc(cc2)OCCC(=O)N1C. The van der Waals surface area contributed by atoms with Crippen LogP contribution in [0, 0.1) is 11.8 Å². The number of ether oxygens (including phenoxy) is 2. The van der Waals surface area contributed by atoms with Crippen molar-refractivity contribution >= 4 is 23.6 Å². The van der Waals surface area contributed by atoms with Crippen molar-refractivity contribution < 1.29 is 28.7 Å². The number of benzene rings is 2. The van der Waals surface area contributed by atoms with Gasteiger partial charge in [-0.05, 0) is 72.9 Å². The van der Waals surface area contributed by atoms with Gasteiger partial charge in [0.2, 0.25) is 23.6 Å². The van der Waals surface area contributed by atoms with Crippen LogP contribution in [0.2, 0.25) is 0 Å². The third-order valence-corrected chi connectivity index (χ3v) is 8.92. The molecule has 2 aromatic rings. The number of hydrogen-bond acceptors (Lipinski definition) is 6. The fourth-order valence-electron chi connectivity index (χ4n) is 5.78. The number of nitrogens with zero attached hydrogens (tertiary/aromatic N) is 4. The van der Waals surface area contributed by atoms with Gasteiger partial charge in [0, 0.05) is 41.3 Å². The Labute approximate surface area is 287 Å². The van der Waals surface area contributed by atoms with Crippen LogP contribution in [0.15, 0.2) is 48.5 Å². The van der Waals surface area contributed by atoms with Crippen molar-refractivity contribution in [2.24, 2.45) is 11.8 Å². The number of carbonyl (C=O) groups is 4. The van der Waals surface area contributed by atoms with E-state index in [9.17, 15) is 19.2 Å². The van der Waals surface area contributed by atoms with Gasteiger partial charge in [-0.3, -0.25) is 19.2 Å². The van der Waals surface area contributed by atoms with Crippen molar-refractivity contribution in [3.8, 4) is 11.5 Å². The zero-order chi connectivity index (χ0) is 35.4. The fraction of sp³-hybridized carbons (Fsp3) is 0.579. The Morgan fingerprint density at radius 3 is 1.21 bits per heavy atom. The largest absolute Gasteiger partial charge is 0.493 e. The fourth-order valence-corrected chi connectivity index (χ4v) is 5.78. The van der Waals surface area contributed by atoms with E-state index in [1.54, 1.807) is 47.8 Å². The van der Waals surface area contributed by atoms with Crippen LogP contribution in [0.5, 0.6) is 11.5 Å². The molecular formula is C38H56N4O6. The van der Waals surface area contributed by atoms with E-state index < -0.39 is 12.1 Å². The second-order valence-corrected chi connectivity index (χ2v) is 13.8. The summed E-state index contributed by atoms with van der Waals surface area (Å²) in [5.41, 5.74) is 2.08. The van der Waals surface area contributed by atoms with Crippen LogP contribution < -0.4 is 9.47 Å². The summed E-state index contributed by atoms with van der Waals surface area (Å²) in [5.74, 6) is 1.31. The molecule has 0 saturated heterocycles. The van der Waals surface area contributed by atoms with Crippen molar-refractivity contribution in [2.45, 2.75) is 78.3 Å². The summed E-state index contributed by atoms with van der Waals surface area (Å²) in [4.78, 5) is 60.0. The Morgan fingerprint density at radius 1 is 0.562 bits per heavy atom. The van der Waals surface area contributed by atoms with Crippen LogP contribution in [-0.4, -0.2) is 110 Å². The first kappa shape index (κ1) is 38.4. The number of carbonyl (C=O) groups excluding carboxylic acids is 4. The molecule has 0 aliphatic carbocycles. The molecule has 4 amide bonds. The Morgan fingerprint density at radius 2 is 0.896 bits per heavy atom. The molecule has 0 fully saturated rings. The van der Waals surface area contributed by atoms with Gasteiger partial charge in [-0.25, -0.2) is 0 Å². The van der Waals surface area contributed by atoms with E-state index in [-0.39, 0.29) is 61.5 Å². The van der Waals surface area contributed by atoms with Crippen LogP contribution in [0.4, 0.5) is 0 Å². The maximum absolute atomic E-state index is 13.6. The molecule has 0 aromatic heterocycles. The van der Waals surface area contributed by atoms with E-state index in [1.165, 1.54) is 0 Å². The highest BCUT2D eigenvalue weighted by Gasteiger charge is 2.31. The van der Waals surface area contributed by atoms with E-state index in [4.69, 9.17) is 9.47 Å². The molecule has 264 valence electrons. The third-order valence-electron chi connectivity index (χ3n) is 8.92. The molecule has 10 heteroatoms. The molecule has 4 aliphatic heterocycles. The molecule has 4 bridgehead atoms. The van der Waals surface area contributed by atoms with Gasteiger partial charge in [-0.15, -0.1) is 0 Å². The number of rotatable bonds is 4. The highest BCUT2D eigenvalue weighted by molar-refractivity contribution is 5.88. The van der Waals surface area contributed by atoms with Crippen molar-refractivity contribution in [1.82, 2.24) is 19.6 Å². The second kappa shape index (κ2) is 18.5. The lowest BCUT2D eigenvalue weighted by Gasteiger charge is -2.32. The molecule has 10 nitrogen and oxygen atoms in total. The first-order chi connectivity index (χ1) is 22.8. The molecule has 6 rings (SSSR count). The standard InChI is InChI=1S/C38H56N4O6/c1-27(2)25-33-37(45)39(5)21-17-29-9-13-32(14-10-29)48-24-20-36(44)42(8)34(26-28(3)4)38(46)40(6)22-18-30-11-15-31(16-12-30)47-23-19-35(43)41(33)7/h9-16,27-28,33-34H,17-26H2,1-8H3. The molecule has 2 atom stereocenters. The van der Waals surface area contributed by atoms with Gasteiger partial charge in [-0.1, -0.05) is 52.0 Å². The molecule has 2 unspecified atom stereocenters. The zero-order valence-corrected chi connectivity index (χ0v) is 30.2. The average Bonchev–Trinajstić information content (AvgIpc) is 3.06. The molecule has 0 spiro atoms. The van der Waals surface area contributed by atoms with Gasteiger partial charge < -0.3 is 29.1 Å². The summed E-state index contributed by atoms with van der Waals surface area (Å²) in [6.45, 7) is 9.59. The van der Waals surface area contributed by atoms with Crippen LogP contribution >= 0.6 is 0 Å². The molecule has 2 aromatic carbocycles. The van der Waals surface area contributed by atoms with Crippen molar-refractivity contribution in [2.75, 3.05) is 54.5 Å². The van der Waals surface area contributed by atoms with E-state index >= 15 is 0 Å². The van der Waals surface area contributed by atoms with Gasteiger partial charge in [0.05, 0.1) is 26.1 Å². The summed E-state index contributed by atoms with van der Waals surface area (Å²) >= 11 is 0. The Bertz CT molecular complexity index is 1240. The maximum Gasteiger partial charge on any atom is 0.245 e. The predicted molar refractivity (Wildman–Crippen MR) is 188 cm³/mol. The molecule has 0 saturated carbocycles. The smallest absolute Gasteiger partial charge is 0.245 e. The van der Waals surface area contributed by atoms with Crippen molar-refractivity contribution in [3.63, 3.8) is 0 Å². The highest BCUT2D eigenvalue weighted by atomic mass is 16.5. The van der Waals surface area contributed by atoms with Crippen molar-refractivity contribution in [1.29, 1.82) is 0 Å². The third kappa shape index (κ3) is 11.6. The number of likely N-dealkylation sites (N-methyl/N-ethyl adjacent to an activating group) is 4. The molecule has 0 N–H and O–H groups in total. The second-order valence-electron chi connectivity index (χ2n) is 13.8. The Balaban J connectivity index is 1.79. The highest BCUT2D eigenvalue weighted by Crippen LogP contribution is 2.19. The van der Waals surface area contributed by atoms with Gasteiger partial charge in [0.25, 0.3) is 0 Å². The Hall–Kier alpha value is -4.08. The molecule has 4 heterocycles. The minimum Gasteiger partial charge on any atom is -0.493 e. The van der Waals surface area contributed by atoms with Gasteiger partial charge >= 0.3 is 0 Å². The monoisotopic (exact) mass is 664 g/mol. The van der Waals surface area contributed by atoms with Crippen LogP contribution in [0.25, 0.3) is 0 Å². The first-order valence-electron chi connectivity index (χ1n) is 17.2. The van der Waals surface area contributed by atoms with Gasteiger partial charge in [-0.2, -0.15) is 0 Å². The lowest BCUT2D eigenvalue weighted by molar-refractivity contribution is -0.144. The average molecular weight is 665 g/mol. The Kier molecular flexibility index (Phi) is 14.8. The normalized spacial score (nSPS) is 20.3. The van der Waals surface area contributed by atoms with E-state index in [0.29, 0.717) is 50.3 Å². The summed E-state index contributed by atoms with van der Waals surface area (Å²) in [6.07, 6.45) is 2.72. The zero-order valence-electron chi connectivity index (χ0n) is 30.2. The van der Waals surface area contributed by atoms with Crippen molar-refractivity contribution in [3.05, 3.63) is 59.7 Å². The minimum absolute atomic E-state index is 0.0817. The molecule has 4 aliphatic rings. The van der Waals surface area contributed by atoms with Crippen LogP contribution in [0.3, 0.4) is 0 Å². The van der Waals surface area contributed by atoms with Crippen LogP contribution in [-0.2, 0) is 32.0 Å². The number of amides is 4. The van der Waals surface area contributed by atoms with E-state index in [0.717, 1.165) is 11.1 Å². The van der Waals surface area contributed by atoms with Gasteiger partial charge in [0.1, 0.15) is 23.6 Å². The van der Waals surface area contributed by atoms with Gasteiger partial charge in [0.15, 0.2) is 0 Å². The summed E-state index contributed by atoms with van der Waals surface area (Å²) in [5, 5.41) is 0. The topological polar surface area (TPSA) is 99.7 Å². The quantitative estimate of drug-likeness (QED) is 0.471. The number of hydrogen-bond donors (Lipinski definition) is 0. The summed E-state index contributed by atoms with van der Waals surface area (Å²) in [7, 11) is 6.96. The summed E-state index contributed by atoms with van der Waals surface area (Å²) < 4.78 is 11.8. The maximum atomic E-state index is 13.6.